The summed E-state index contributed by atoms with van der Waals surface area (Å²) in [6.07, 6.45) is 19.9. The first-order valence-corrected chi connectivity index (χ1v) is 14.7. The zero-order valence-electron chi connectivity index (χ0n) is 24.4. The van der Waals surface area contributed by atoms with Gasteiger partial charge in [0.05, 0.1) is 0 Å². The van der Waals surface area contributed by atoms with Crippen LogP contribution in [-0.4, -0.2) is 15.5 Å². The molecule has 0 bridgehead atoms. The third-order valence-corrected chi connectivity index (χ3v) is 14.1. The predicted octanol–water partition coefficient (Wildman–Crippen LogP) is 11.0. The molecule has 0 aromatic rings. The summed E-state index contributed by atoms with van der Waals surface area (Å²) in [5, 5.41) is 0.778. The summed E-state index contributed by atoms with van der Waals surface area (Å²) >= 11 is 0. The van der Waals surface area contributed by atoms with Crippen LogP contribution >= 0.6 is 7.05 Å². The molecule has 1 aliphatic rings. The molecule has 1 nitrogen and oxygen atoms in total. The van der Waals surface area contributed by atoms with Crippen molar-refractivity contribution in [1.82, 2.24) is 0 Å². The van der Waals surface area contributed by atoms with Crippen LogP contribution in [0.15, 0.2) is 53.0 Å². The van der Waals surface area contributed by atoms with E-state index < -0.39 is 7.05 Å². The van der Waals surface area contributed by atoms with E-state index in [0.717, 1.165) is 6.42 Å². The standard InChI is InChI=1S/C20H38NP.C10H18.Ti/c1-10-18(4,5)22(19(6,7)11-2,20(8,9)12-3)21-17-15-13-14-16-17;1-9(2)7-5-6-8-10(3)4;/h13-15H,10-12,16H2,1-9H3;5-10H,1-4H3;. The molecule has 1 aliphatic carbocycles. The van der Waals surface area contributed by atoms with E-state index >= 15 is 0 Å². The van der Waals surface area contributed by atoms with Crippen LogP contribution in [0.25, 0.3) is 0 Å². The van der Waals surface area contributed by atoms with Crippen molar-refractivity contribution in [1.29, 1.82) is 0 Å². The molecule has 0 N–H and O–H groups in total. The second kappa shape index (κ2) is 15.1. The predicted molar refractivity (Wildman–Crippen MR) is 152 cm³/mol. The van der Waals surface area contributed by atoms with Gasteiger partial charge in [-0.25, -0.2) is 0 Å². The van der Waals surface area contributed by atoms with E-state index in [4.69, 9.17) is 4.74 Å². The first kappa shape index (κ1) is 35.1. The molecule has 0 aliphatic heterocycles. The molecule has 33 heavy (non-hydrogen) atoms. The maximum absolute atomic E-state index is 5.64. The summed E-state index contributed by atoms with van der Waals surface area (Å²) in [6, 6.07) is 0. The molecule has 0 fully saturated rings. The second-order valence-corrected chi connectivity index (χ2v) is 16.9. The molecule has 0 heterocycles. The number of rotatable bonds is 10. The number of allylic oxidation sites excluding steroid dienone is 7. The van der Waals surface area contributed by atoms with Crippen LogP contribution in [-0.2, 0) is 21.7 Å². The van der Waals surface area contributed by atoms with Gasteiger partial charge in [-0.1, -0.05) is 126 Å². The van der Waals surface area contributed by atoms with Gasteiger partial charge in [-0.3, -0.25) is 4.74 Å². The Bertz CT molecular complexity index is 667. The van der Waals surface area contributed by atoms with Crippen molar-refractivity contribution in [2.24, 2.45) is 16.6 Å². The van der Waals surface area contributed by atoms with Gasteiger partial charge in [-0.2, -0.15) is 0 Å². The topological polar surface area (TPSA) is 12.4 Å². The molecule has 0 radical (unpaired) electrons. The summed E-state index contributed by atoms with van der Waals surface area (Å²) in [4.78, 5) is 0. The molecule has 1 rings (SSSR count). The smallest absolute Gasteiger partial charge is 0.0425 e. The van der Waals surface area contributed by atoms with Gasteiger partial charge in [0.2, 0.25) is 0 Å². The Hall–Kier alpha value is -0.0957. The maximum atomic E-state index is 5.64. The van der Waals surface area contributed by atoms with Crippen molar-refractivity contribution >= 4 is 7.05 Å². The van der Waals surface area contributed by atoms with Crippen LogP contribution in [0.3, 0.4) is 0 Å². The molecule has 0 aromatic heterocycles. The van der Waals surface area contributed by atoms with E-state index in [1.165, 1.54) is 25.0 Å². The molecule has 0 spiro atoms. The Morgan fingerprint density at radius 3 is 1.39 bits per heavy atom. The van der Waals surface area contributed by atoms with Gasteiger partial charge in [0.1, 0.15) is 0 Å². The van der Waals surface area contributed by atoms with Crippen molar-refractivity contribution < 1.29 is 21.7 Å². The van der Waals surface area contributed by atoms with Gasteiger partial charge < -0.3 is 0 Å². The zero-order valence-corrected chi connectivity index (χ0v) is 26.9. The number of nitrogens with zero attached hydrogens (tertiary/aromatic N) is 1. The van der Waals surface area contributed by atoms with Crippen LogP contribution in [0.2, 0.25) is 0 Å². The monoisotopic (exact) mass is 509 g/mol. The zero-order chi connectivity index (χ0) is 25.2. The van der Waals surface area contributed by atoms with Gasteiger partial charge >= 0.3 is 0 Å². The minimum atomic E-state index is -1.64. The average Bonchev–Trinajstić information content (AvgIpc) is 3.22. The van der Waals surface area contributed by atoms with Crippen molar-refractivity contribution in [3.05, 3.63) is 48.2 Å². The van der Waals surface area contributed by atoms with E-state index in [9.17, 15) is 0 Å². The van der Waals surface area contributed by atoms with Gasteiger partial charge in [0, 0.05) is 49.3 Å². The molecule has 190 valence electrons. The third-order valence-electron chi connectivity index (χ3n) is 7.36. The molecule has 3 heteroatoms. The molecule has 0 atom stereocenters. The second-order valence-electron chi connectivity index (χ2n) is 11.8. The van der Waals surface area contributed by atoms with E-state index in [1.807, 2.05) is 0 Å². The van der Waals surface area contributed by atoms with E-state index in [1.54, 1.807) is 0 Å². The fraction of sp³-hybridized carbons (Fsp3) is 0.733. The Morgan fingerprint density at radius 2 is 1.15 bits per heavy atom. The first-order valence-electron chi connectivity index (χ1n) is 13.0. The maximum Gasteiger partial charge on any atom is 0.0425 e. The third kappa shape index (κ3) is 9.46. The minimum absolute atomic E-state index is 0. The van der Waals surface area contributed by atoms with Crippen LogP contribution in [0, 0.1) is 11.8 Å². The van der Waals surface area contributed by atoms with Gasteiger partial charge in [0.15, 0.2) is 0 Å². The number of hydrogen-bond donors (Lipinski definition) is 0. The van der Waals surface area contributed by atoms with Crippen LogP contribution < -0.4 is 0 Å². The molecular formula is C30H56NPTi. The Morgan fingerprint density at radius 1 is 0.788 bits per heavy atom. The normalized spacial score (nSPS) is 15.2. The van der Waals surface area contributed by atoms with Gasteiger partial charge in [0.25, 0.3) is 0 Å². The van der Waals surface area contributed by atoms with Crippen LogP contribution in [0.1, 0.15) is 116 Å². The molecule has 0 saturated heterocycles. The van der Waals surface area contributed by atoms with E-state index in [-0.39, 0.29) is 37.2 Å². The minimum Gasteiger partial charge on any atom is -0.270 e. The van der Waals surface area contributed by atoms with E-state index in [0.29, 0.717) is 11.8 Å². The first-order chi connectivity index (χ1) is 14.6. The fourth-order valence-corrected chi connectivity index (χ4v) is 12.5. The molecule has 0 amide bonds. The molecule has 0 unspecified atom stereocenters. The van der Waals surface area contributed by atoms with Crippen molar-refractivity contribution in [3.8, 4) is 0 Å². The average molecular weight is 510 g/mol. The van der Waals surface area contributed by atoms with Crippen LogP contribution in [0.5, 0.6) is 0 Å². The van der Waals surface area contributed by atoms with Crippen molar-refractivity contribution in [2.75, 3.05) is 0 Å². The molecule has 0 aromatic carbocycles. The van der Waals surface area contributed by atoms with Crippen molar-refractivity contribution in [3.63, 3.8) is 0 Å². The van der Waals surface area contributed by atoms with Crippen LogP contribution in [0.4, 0.5) is 0 Å². The summed E-state index contributed by atoms with van der Waals surface area (Å²) in [5.74, 6) is 1.33. The Kier molecular flexibility index (Phi) is 16.1. The van der Waals surface area contributed by atoms with E-state index in [2.05, 4.69) is 133 Å². The summed E-state index contributed by atoms with van der Waals surface area (Å²) < 4.78 is 5.64. The van der Waals surface area contributed by atoms with Gasteiger partial charge in [-0.05, 0) is 44.2 Å². The molecular weight excluding hydrogens is 453 g/mol. The quantitative estimate of drug-likeness (QED) is 0.158. The SMILES string of the molecule is CC(C)C=CC=CC(C)C.CCC(C)(C)P(=NC1=CC=CC1)(C(C)(C)CC)C(C)(C)CC.[Ti]. The largest absolute Gasteiger partial charge is 0.270 e. The molecule has 0 saturated carbocycles. The number of hydrogen-bond acceptors (Lipinski definition) is 1. The Labute approximate surface area is 224 Å². The Balaban J connectivity index is 0. The summed E-state index contributed by atoms with van der Waals surface area (Å²) in [6.45, 7) is 30.6. The van der Waals surface area contributed by atoms with Gasteiger partial charge in [-0.15, -0.1) is 0 Å². The fourth-order valence-electron chi connectivity index (χ4n) is 4.83. The summed E-state index contributed by atoms with van der Waals surface area (Å²) in [7, 11) is -1.64. The van der Waals surface area contributed by atoms with Crippen molar-refractivity contribution in [2.45, 2.75) is 131 Å². The summed E-state index contributed by atoms with van der Waals surface area (Å²) in [5.41, 5.74) is 1.30.